The van der Waals surface area contributed by atoms with Crippen molar-refractivity contribution in [2.24, 2.45) is 0 Å². The number of rotatable bonds is 7. The maximum absolute atomic E-state index is 12.4. The van der Waals surface area contributed by atoms with E-state index >= 15 is 0 Å². The van der Waals surface area contributed by atoms with Crippen LogP contribution in [0.5, 0.6) is 5.75 Å². The Kier molecular flexibility index (Phi) is 6.86. The molecule has 5 nitrogen and oxygen atoms in total. The number of piperidine rings is 1. The zero-order chi connectivity index (χ0) is 16.7. The van der Waals surface area contributed by atoms with Crippen LogP contribution >= 0.6 is 0 Å². The lowest BCUT2D eigenvalue weighted by molar-refractivity contribution is -0.132. The summed E-state index contributed by atoms with van der Waals surface area (Å²) in [5.74, 6) is 1.03. The van der Waals surface area contributed by atoms with Crippen LogP contribution in [0.1, 0.15) is 25.3 Å². The van der Waals surface area contributed by atoms with Crippen molar-refractivity contribution in [2.75, 3.05) is 40.4 Å². The van der Waals surface area contributed by atoms with E-state index in [1.807, 2.05) is 38.2 Å². The number of methoxy groups -OCH3 is 1. The Hall–Kier alpha value is -1.59. The number of hydrogen-bond acceptors (Lipinski definition) is 4. The van der Waals surface area contributed by atoms with E-state index in [1.54, 1.807) is 12.0 Å². The fourth-order valence-corrected chi connectivity index (χ4v) is 2.83. The lowest BCUT2D eigenvalue weighted by atomic mass is 10.1. The number of benzene rings is 1. The molecule has 0 radical (unpaired) electrons. The number of amides is 1. The molecule has 1 aliphatic rings. The Morgan fingerprint density at radius 3 is 2.48 bits per heavy atom. The molecule has 0 spiro atoms. The van der Waals surface area contributed by atoms with Crippen molar-refractivity contribution in [1.29, 1.82) is 0 Å². The molecule has 1 aromatic rings. The molecule has 1 fully saturated rings. The summed E-state index contributed by atoms with van der Waals surface area (Å²) in [6.07, 6.45) is 2.36. The second-order valence-electron chi connectivity index (χ2n) is 6.04. The molecule has 0 N–H and O–H groups in total. The average Bonchev–Trinajstić information content (AvgIpc) is 2.57. The summed E-state index contributed by atoms with van der Waals surface area (Å²) in [4.78, 5) is 16.4. The molecule has 1 heterocycles. The second kappa shape index (κ2) is 8.89. The zero-order valence-electron chi connectivity index (χ0n) is 14.5. The third kappa shape index (κ3) is 5.52. The number of hydrogen-bond donors (Lipinski definition) is 0. The largest absolute Gasteiger partial charge is 0.494 e. The maximum atomic E-state index is 12.4. The van der Waals surface area contributed by atoms with Gasteiger partial charge in [0.15, 0.2) is 0 Å². The van der Waals surface area contributed by atoms with Crippen molar-refractivity contribution in [3.8, 4) is 5.75 Å². The average molecular weight is 320 g/mol. The Morgan fingerprint density at radius 1 is 1.26 bits per heavy atom. The molecule has 1 aromatic carbocycles. The summed E-state index contributed by atoms with van der Waals surface area (Å²) in [7, 11) is 3.62. The van der Waals surface area contributed by atoms with E-state index in [-0.39, 0.29) is 5.91 Å². The lowest BCUT2D eigenvalue weighted by Gasteiger charge is -2.31. The Morgan fingerprint density at radius 2 is 1.91 bits per heavy atom. The summed E-state index contributed by atoms with van der Waals surface area (Å²) in [5.41, 5.74) is 1.11. The third-order valence-electron chi connectivity index (χ3n) is 4.31. The van der Waals surface area contributed by atoms with Gasteiger partial charge in [-0.3, -0.25) is 9.69 Å². The van der Waals surface area contributed by atoms with E-state index in [0.717, 1.165) is 37.2 Å². The first-order valence-corrected chi connectivity index (χ1v) is 8.33. The quantitative estimate of drug-likeness (QED) is 0.772. The maximum Gasteiger partial charge on any atom is 0.236 e. The first kappa shape index (κ1) is 17.8. The lowest BCUT2D eigenvalue weighted by Crippen LogP contribution is -2.43. The van der Waals surface area contributed by atoms with Crippen molar-refractivity contribution in [2.45, 2.75) is 32.4 Å². The fourth-order valence-electron chi connectivity index (χ4n) is 2.83. The van der Waals surface area contributed by atoms with Crippen LogP contribution in [0.3, 0.4) is 0 Å². The van der Waals surface area contributed by atoms with E-state index in [1.165, 1.54) is 0 Å². The van der Waals surface area contributed by atoms with Gasteiger partial charge >= 0.3 is 0 Å². The normalized spacial score (nSPS) is 16.3. The predicted molar refractivity (Wildman–Crippen MR) is 90.6 cm³/mol. The molecule has 1 amide bonds. The SMILES string of the molecule is CCOc1ccc(CN(C)C(=O)CN2CCC(OC)CC2)cc1. The number of ether oxygens (including phenoxy) is 2. The minimum atomic E-state index is 0.162. The topological polar surface area (TPSA) is 42.0 Å². The monoisotopic (exact) mass is 320 g/mol. The molecular formula is C18H28N2O3. The van der Waals surface area contributed by atoms with Gasteiger partial charge in [-0.25, -0.2) is 0 Å². The summed E-state index contributed by atoms with van der Waals surface area (Å²) in [6, 6.07) is 7.93. The molecule has 0 aromatic heterocycles. The molecular weight excluding hydrogens is 292 g/mol. The highest BCUT2D eigenvalue weighted by molar-refractivity contribution is 5.78. The molecule has 1 saturated heterocycles. The molecule has 5 heteroatoms. The molecule has 2 rings (SSSR count). The summed E-state index contributed by atoms with van der Waals surface area (Å²) in [6.45, 7) is 5.61. The Labute approximate surface area is 139 Å². The number of carbonyl (C=O) groups excluding carboxylic acids is 1. The highest BCUT2D eigenvalue weighted by atomic mass is 16.5. The van der Waals surface area contributed by atoms with Crippen LogP contribution < -0.4 is 4.74 Å². The number of carbonyl (C=O) groups is 1. The summed E-state index contributed by atoms with van der Waals surface area (Å²) < 4.78 is 10.8. The number of nitrogens with zero attached hydrogens (tertiary/aromatic N) is 2. The minimum absolute atomic E-state index is 0.162. The highest BCUT2D eigenvalue weighted by Gasteiger charge is 2.21. The van der Waals surface area contributed by atoms with Gasteiger partial charge in [0.1, 0.15) is 5.75 Å². The van der Waals surface area contributed by atoms with Crippen molar-refractivity contribution in [3.05, 3.63) is 29.8 Å². The van der Waals surface area contributed by atoms with E-state index in [0.29, 0.717) is 25.8 Å². The van der Waals surface area contributed by atoms with Crippen LogP contribution in [-0.4, -0.2) is 62.2 Å². The molecule has 0 bridgehead atoms. The second-order valence-corrected chi connectivity index (χ2v) is 6.04. The van der Waals surface area contributed by atoms with Gasteiger partial charge in [-0.1, -0.05) is 12.1 Å². The number of likely N-dealkylation sites (tertiary alicyclic amines) is 1. The Bertz CT molecular complexity index is 482. The van der Waals surface area contributed by atoms with Gasteiger partial charge in [-0.15, -0.1) is 0 Å². The zero-order valence-corrected chi connectivity index (χ0v) is 14.5. The minimum Gasteiger partial charge on any atom is -0.494 e. The van der Waals surface area contributed by atoms with Crippen LogP contribution in [-0.2, 0) is 16.1 Å². The van der Waals surface area contributed by atoms with Crippen LogP contribution in [0.15, 0.2) is 24.3 Å². The van der Waals surface area contributed by atoms with Crippen LogP contribution in [0.25, 0.3) is 0 Å². The summed E-state index contributed by atoms with van der Waals surface area (Å²) in [5, 5.41) is 0. The standard InChI is InChI=1S/C18H28N2O3/c1-4-23-17-7-5-15(6-8-17)13-19(2)18(21)14-20-11-9-16(22-3)10-12-20/h5-8,16H,4,9-14H2,1-3H3. The molecule has 1 aliphatic heterocycles. The molecule has 0 atom stereocenters. The van der Waals surface area contributed by atoms with Gasteiger partial charge in [0.05, 0.1) is 19.3 Å². The van der Waals surface area contributed by atoms with Crippen LogP contribution in [0.2, 0.25) is 0 Å². The molecule has 128 valence electrons. The molecule has 0 saturated carbocycles. The first-order chi connectivity index (χ1) is 11.1. The first-order valence-electron chi connectivity index (χ1n) is 8.33. The van der Waals surface area contributed by atoms with Crippen LogP contribution in [0.4, 0.5) is 0 Å². The van der Waals surface area contributed by atoms with E-state index in [2.05, 4.69) is 4.90 Å². The van der Waals surface area contributed by atoms with Crippen LogP contribution in [0, 0.1) is 0 Å². The predicted octanol–water partition coefficient (Wildman–Crippen LogP) is 2.15. The van der Waals surface area contributed by atoms with E-state index in [4.69, 9.17) is 9.47 Å². The van der Waals surface area contributed by atoms with Crippen molar-refractivity contribution in [3.63, 3.8) is 0 Å². The molecule has 0 unspecified atom stereocenters. The van der Waals surface area contributed by atoms with Gasteiger partial charge in [0, 0.05) is 33.8 Å². The highest BCUT2D eigenvalue weighted by Crippen LogP contribution is 2.15. The Balaban J connectivity index is 1.78. The molecule has 0 aliphatic carbocycles. The fraction of sp³-hybridized carbons (Fsp3) is 0.611. The van der Waals surface area contributed by atoms with Gasteiger partial charge < -0.3 is 14.4 Å². The summed E-state index contributed by atoms with van der Waals surface area (Å²) >= 11 is 0. The number of likely N-dealkylation sites (N-methyl/N-ethyl adjacent to an activating group) is 1. The van der Waals surface area contributed by atoms with Gasteiger partial charge in [-0.2, -0.15) is 0 Å². The van der Waals surface area contributed by atoms with Crippen molar-refractivity contribution < 1.29 is 14.3 Å². The van der Waals surface area contributed by atoms with E-state index in [9.17, 15) is 4.79 Å². The van der Waals surface area contributed by atoms with Gasteiger partial charge in [0.25, 0.3) is 0 Å². The molecule has 23 heavy (non-hydrogen) atoms. The van der Waals surface area contributed by atoms with Gasteiger partial charge in [-0.05, 0) is 37.5 Å². The van der Waals surface area contributed by atoms with Gasteiger partial charge in [0.2, 0.25) is 5.91 Å². The third-order valence-corrected chi connectivity index (χ3v) is 4.31. The van der Waals surface area contributed by atoms with Crippen molar-refractivity contribution >= 4 is 5.91 Å². The smallest absolute Gasteiger partial charge is 0.236 e. The van der Waals surface area contributed by atoms with E-state index < -0.39 is 0 Å². The van der Waals surface area contributed by atoms with Crippen molar-refractivity contribution in [1.82, 2.24) is 9.80 Å².